The summed E-state index contributed by atoms with van der Waals surface area (Å²) in [6.07, 6.45) is 0.954. The van der Waals surface area contributed by atoms with Crippen LogP contribution in [0.3, 0.4) is 0 Å². The molecular weight excluding hydrogens is 324 g/mol. The number of rotatable bonds is 8. The van der Waals surface area contributed by atoms with Crippen molar-refractivity contribution in [3.8, 4) is 0 Å². The van der Waals surface area contributed by atoms with E-state index < -0.39 is 31.4 Å². The Bertz CT molecular complexity index is 703. The molecule has 0 aliphatic heterocycles. The third kappa shape index (κ3) is 5.27. The standard InChI is InChI=1S/C13H20N4O5S/c1-3-4-15-5-6-16-13(18)11-7-10(23(14,21)22)8-12(9(11)2)17(19)20/h7-8,15H,3-6H2,1-2H3,(H,16,18)(H2,14,21,22). The van der Waals surface area contributed by atoms with Crippen molar-refractivity contribution in [1.29, 1.82) is 0 Å². The highest BCUT2D eigenvalue weighted by molar-refractivity contribution is 7.89. The van der Waals surface area contributed by atoms with Crippen LogP contribution in [0.25, 0.3) is 0 Å². The Hall–Kier alpha value is -2.04. The quantitative estimate of drug-likeness (QED) is 0.351. The number of nitro groups is 1. The Morgan fingerprint density at radius 3 is 2.48 bits per heavy atom. The molecule has 1 aromatic rings. The predicted molar refractivity (Wildman–Crippen MR) is 84.7 cm³/mol. The summed E-state index contributed by atoms with van der Waals surface area (Å²) in [7, 11) is -4.16. The van der Waals surface area contributed by atoms with Crippen LogP contribution < -0.4 is 15.8 Å². The van der Waals surface area contributed by atoms with E-state index in [1.807, 2.05) is 6.92 Å². The van der Waals surface area contributed by atoms with Crippen molar-refractivity contribution in [2.75, 3.05) is 19.6 Å². The number of carbonyl (C=O) groups excluding carboxylic acids is 1. The Morgan fingerprint density at radius 2 is 1.96 bits per heavy atom. The van der Waals surface area contributed by atoms with Gasteiger partial charge in [0.25, 0.3) is 11.6 Å². The lowest BCUT2D eigenvalue weighted by Gasteiger charge is -2.10. The van der Waals surface area contributed by atoms with Crippen LogP contribution in [-0.4, -0.2) is 38.9 Å². The monoisotopic (exact) mass is 344 g/mol. The summed E-state index contributed by atoms with van der Waals surface area (Å²) in [5, 5.41) is 21.7. The molecule has 9 nitrogen and oxygen atoms in total. The van der Waals surface area contributed by atoms with E-state index in [0.29, 0.717) is 13.1 Å². The Labute approximate surface area is 134 Å². The zero-order valence-electron chi connectivity index (χ0n) is 13.0. The van der Waals surface area contributed by atoms with Crippen LogP contribution in [0.5, 0.6) is 0 Å². The van der Waals surface area contributed by atoms with Crippen molar-refractivity contribution in [2.45, 2.75) is 25.2 Å². The third-order valence-electron chi connectivity index (χ3n) is 3.14. The topological polar surface area (TPSA) is 144 Å². The molecule has 0 heterocycles. The first-order valence-electron chi connectivity index (χ1n) is 6.99. The number of nitrogens with zero attached hydrogens (tertiary/aromatic N) is 1. The van der Waals surface area contributed by atoms with Crippen molar-refractivity contribution >= 4 is 21.6 Å². The molecule has 0 saturated heterocycles. The molecule has 0 aromatic heterocycles. The van der Waals surface area contributed by atoms with Crippen molar-refractivity contribution in [3.05, 3.63) is 33.4 Å². The van der Waals surface area contributed by atoms with Gasteiger partial charge >= 0.3 is 0 Å². The second-order valence-electron chi connectivity index (χ2n) is 4.92. The van der Waals surface area contributed by atoms with Gasteiger partial charge in [-0.15, -0.1) is 0 Å². The summed E-state index contributed by atoms with van der Waals surface area (Å²) < 4.78 is 22.9. The van der Waals surface area contributed by atoms with Gasteiger partial charge < -0.3 is 10.6 Å². The highest BCUT2D eigenvalue weighted by Gasteiger charge is 2.23. The minimum Gasteiger partial charge on any atom is -0.351 e. The average Bonchev–Trinajstić information content (AvgIpc) is 2.45. The summed E-state index contributed by atoms with van der Waals surface area (Å²) in [6.45, 7) is 5.05. The molecule has 0 aliphatic rings. The molecule has 4 N–H and O–H groups in total. The molecule has 1 rings (SSSR count). The fraction of sp³-hybridized carbons (Fsp3) is 0.462. The van der Waals surface area contributed by atoms with Crippen LogP contribution in [0.15, 0.2) is 17.0 Å². The Kier molecular flexibility index (Phi) is 6.61. The third-order valence-corrected chi connectivity index (χ3v) is 4.03. The number of nitro benzene ring substituents is 1. The summed E-state index contributed by atoms with van der Waals surface area (Å²) in [6, 6.07) is 1.90. The first-order chi connectivity index (χ1) is 10.7. The normalized spacial score (nSPS) is 11.3. The van der Waals surface area contributed by atoms with Gasteiger partial charge in [0.2, 0.25) is 10.0 Å². The molecule has 0 aliphatic carbocycles. The number of primary sulfonamides is 1. The van der Waals surface area contributed by atoms with Crippen LogP contribution >= 0.6 is 0 Å². The largest absolute Gasteiger partial charge is 0.351 e. The smallest absolute Gasteiger partial charge is 0.274 e. The van der Waals surface area contributed by atoms with E-state index in [1.54, 1.807) is 0 Å². The van der Waals surface area contributed by atoms with Gasteiger partial charge in [0.15, 0.2) is 0 Å². The SMILES string of the molecule is CCCNCCNC(=O)c1cc(S(N)(=O)=O)cc([N+](=O)[O-])c1C. The van der Waals surface area contributed by atoms with E-state index in [2.05, 4.69) is 10.6 Å². The van der Waals surface area contributed by atoms with Gasteiger partial charge in [-0.25, -0.2) is 13.6 Å². The minimum atomic E-state index is -4.16. The number of carbonyl (C=O) groups is 1. The van der Waals surface area contributed by atoms with Gasteiger partial charge in [-0.05, 0) is 26.0 Å². The molecule has 0 atom stereocenters. The maximum Gasteiger partial charge on any atom is 0.274 e. The lowest BCUT2D eigenvalue weighted by Crippen LogP contribution is -2.32. The van der Waals surface area contributed by atoms with Gasteiger partial charge in [-0.3, -0.25) is 14.9 Å². The van der Waals surface area contributed by atoms with Crippen LogP contribution in [0.1, 0.15) is 29.3 Å². The summed E-state index contributed by atoms with van der Waals surface area (Å²) >= 11 is 0. The van der Waals surface area contributed by atoms with Crippen molar-refractivity contribution in [1.82, 2.24) is 10.6 Å². The molecule has 0 fully saturated rings. The number of sulfonamides is 1. The zero-order valence-corrected chi connectivity index (χ0v) is 13.8. The number of hydrogen-bond donors (Lipinski definition) is 3. The van der Waals surface area contributed by atoms with E-state index in [4.69, 9.17) is 5.14 Å². The number of hydrogen-bond acceptors (Lipinski definition) is 6. The maximum absolute atomic E-state index is 12.2. The van der Waals surface area contributed by atoms with E-state index in [-0.39, 0.29) is 11.1 Å². The Morgan fingerprint density at radius 1 is 1.30 bits per heavy atom. The molecule has 10 heteroatoms. The van der Waals surface area contributed by atoms with Gasteiger partial charge in [0.1, 0.15) is 0 Å². The molecular formula is C13H20N4O5S. The number of benzene rings is 1. The summed E-state index contributed by atoms with van der Waals surface area (Å²) in [5.74, 6) is -0.589. The summed E-state index contributed by atoms with van der Waals surface area (Å²) in [5.41, 5.74) is -0.467. The fourth-order valence-corrected chi connectivity index (χ4v) is 2.48. The lowest BCUT2D eigenvalue weighted by atomic mass is 10.1. The van der Waals surface area contributed by atoms with Gasteiger partial charge in [-0.1, -0.05) is 6.92 Å². The molecule has 0 saturated carbocycles. The lowest BCUT2D eigenvalue weighted by molar-refractivity contribution is -0.385. The fourth-order valence-electron chi connectivity index (χ4n) is 1.92. The van der Waals surface area contributed by atoms with E-state index in [9.17, 15) is 23.3 Å². The summed E-state index contributed by atoms with van der Waals surface area (Å²) in [4.78, 5) is 22.0. The van der Waals surface area contributed by atoms with Gasteiger partial charge in [-0.2, -0.15) is 0 Å². The molecule has 1 aromatic carbocycles. The second kappa shape index (κ2) is 7.99. The molecule has 0 unspecified atom stereocenters. The maximum atomic E-state index is 12.2. The van der Waals surface area contributed by atoms with E-state index in [1.165, 1.54) is 6.92 Å². The first kappa shape index (κ1) is 19.0. The highest BCUT2D eigenvalue weighted by Crippen LogP contribution is 2.25. The second-order valence-corrected chi connectivity index (χ2v) is 6.48. The Balaban J connectivity index is 3.07. The molecule has 0 bridgehead atoms. The van der Waals surface area contributed by atoms with Gasteiger partial charge in [0, 0.05) is 24.7 Å². The van der Waals surface area contributed by atoms with Crippen molar-refractivity contribution in [3.63, 3.8) is 0 Å². The van der Waals surface area contributed by atoms with Crippen LogP contribution in [-0.2, 0) is 10.0 Å². The zero-order chi connectivity index (χ0) is 17.6. The van der Waals surface area contributed by atoms with Gasteiger partial charge in [0.05, 0.1) is 15.4 Å². The number of nitrogens with one attached hydrogen (secondary N) is 2. The van der Waals surface area contributed by atoms with E-state index >= 15 is 0 Å². The molecule has 1 amide bonds. The number of nitrogens with two attached hydrogens (primary N) is 1. The van der Waals surface area contributed by atoms with E-state index in [0.717, 1.165) is 25.1 Å². The first-order valence-corrected chi connectivity index (χ1v) is 8.53. The average molecular weight is 344 g/mol. The van der Waals surface area contributed by atoms with Crippen LogP contribution in [0.4, 0.5) is 5.69 Å². The molecule has 0 radical (unpaired) electrons. The molecule has 128 valence electrons. The predicted octanol–water partition coefficient (Wildman–Crippen LogP) is 0.280. The minimum absolute atomic E-state index is 0.0845. The number of amides is 1. The van der Waals surface area contributed by atoms with Crippen molar-refractivity contribution in [2.24, 2.45) is 5.14 Å². The van der Waals surface area contributed by atoms with Crippen LogP contribution in [0.2, 0.25) is 0 Å². The molecule has 23 heavy (non-hydrogen) atoms. The highest BCUT2D eigenvalue weighted by atomic mass is 32.2. The van der Waals surface area contributed by atoms with Crippen LogP contribution in [0, 0.1) is 17.0 Å². The van der Waals surface area contributed by atoms with Crippen molar-refractivity contribution < 1.29 is 18.1 Å². The molecule has 0 spiro atoms.